The van der Waals surface area contributed by atoms with E-state index in [-0.39, 0.29) is 0 Å². The highest BCUT2D eigenvalue weighted by Gasteiger charge is 2.12. The summed E-state index contributed by atoms with van der Waals surface area (Å²) in [5, 5.41) is 7.39. The van der Waals surface area contributed by atoms with E-state index in [1.807, 2.05) is 24.3 Å². The van der Waals surface area contributed by atoms with Crippen LogP contribution in [0.1, 0.15) is 16.7 Å². The van der Waals surface area contributed by atoms with Gasteiger partial charge in [0.15, 0.2) is 0 Å². The molecule has 0 unspecified atom stereocenters. The maximum absolute atomic E-state index is 3.87. The molecule has 0 fully saturated rings. The molecule has 0 heterocycles. The van der Waals surface area contributed by atoms with Crippen LogP contribution in [0.4, 0.5) is 0 Å². The number of benzene rings is 3. The zero-order valence-electron chi connectivity index (χ0n) is 16.3. The van der Waals surface area contributed by atoms with Crippen LogP contribution in [0.15, 0.2) is 85.5 Å². The molecule has 0 atom stereocenters. The normalized spacial score (nSPS) is 10.9. The third-order valence-corrected chi connectivity index (χ3v) is 5.24. The lowest BCUT2D eigenvalue weighted by Crippen LogP contribution is -1.90. The molecule has 0 aliphatic rings. The van der Waals surface area contributed by atoms with Crippen LogP contribution in [0.5, 0.6) is 0 Å². The monoisotopic (exact) mass is 358 g/mol. The summed E-state index contributed by atoms with van der Waals surface area (Å²) >= 11 is 0. The van der Waals surface area contributed by atoms with Gasteiger partial charge < -0.3 is 0 Å². The second kappa shape index (κ2) is 7.59. The first-order valence-electron chi connectivity index (χ1n) is 9.51. The Morgan fingerprint density at radius 3 is 2.25 bits per heavy atom. The molecule has 0 N–H and O–H groups in total. The molecule has 0 amide bonds. The average molecular weight is 358 g/mol. The van der Waals surface area contributed by atoms with E-state index in [2.05, 4.69) is 93.2 Å². The van der Waals surface area contributed by atoms with Crippen LogP contribution in [0.25, 0.3) is 38.4 Å². The van der Waals surface area contributed by atoms with Gasteiger partial charge in [0, 0.05) is 10.9 Å². The van der Waals surface area contributed by atoms with Gasteiger partial charge >= 0.3 is 0 Å². The molecule has 0 aliphatic carbocycles. The van der Waals surface area contributed by atoms with Crippen molar-refractivity contribution in [2.24, 2.45) is 0 Å². The molecule has 28 heavy (non-hydrogen) atoms. The summed E-state index contributed by atoms with van der Waals surface area (Å²) in [6.07, 6.45) is 6.02. The Hall–Kier alpha value is -3.56. The van der Waals surface area contributed by atoms with Crippen molar-refractivity contribution in [3.05, 3.63) is 114 Å². The molecule has 0 heteroatoms. The van der Waals surface area contributed by atoms with Gasteiger partial charge in [0.25, 0.3) is 0 Å². The van der Waals surface area contributed by atoms with Crippen LogP contribution in [-0.2, 0) is 0 Å². The Morgan fingerprint density at radius 2 is 1.46 bits per heavy atom. The molecular weight excluding hydrogens is 336 g/mol. The van der Waals surface area contributed by atoms with Crippen molar-refractivity contribution >= 4 is 38.4 Å². The highest BCUT2D eigenvalue weighted by molar-refractivity contribution is 6.21. The zero-order chi connectivity index (χ0) is 19.5. The molecule has 0 nitrogen and oxygen atoms in total. The Bertz CT molecular complexity index is 1290. The predicted molar refractivity (Wildman–Crippen MR) is 123 cm³/mol. The van der Waals surface area contributed by atoms with Crippen LogP contribution in [-0.4, -0.2) is 0 Å². The summed E-state index contributed by atoms with van der Waals surface area (Å²) in [4.78, 5) is 0. The average Bonchev–Trinajstić information content (AvgIpc) is 2.73. The van der Waals surface area contributed by atoms with Crippen molar-refractivity contribution in [2.75, 3.05) is 0 Å². The van der Waals surface area contributed by atoms with Crippen LogP contribution >= 0.6 is 0 Å². The maximum atomic E-state index is 3.87. The van der Waals surface area contributed by atoms with Gasteiger partial charge in [-0.2, -0.15) is 0 Å². The van der Waals surface area contributed by atoms with Gasteiger partial charge in [-0.3, -0.25) is 0 Å². The third-order valence-electron chi connectivity index (χ3n) is 5.24. The highest BCUT2D eigenvalue weighted by Crippen LogP contribution is 2.37. The number of rotatable bonds is 2. The molecule has 0 bridgehead atoms. The van der Waals surface area contributed by atoms with Crippen molar-refractivity contribution in [3.63, 3.8) is 0 Å². The minimum Gasteiger partial charge on any atom is -0.0991 e. The van der Waals surface area contributed by atoms with E-state index in [1.54, 1.807) is 0 Å². The Kier molecular flexibility index (Phi) is 4.83. The number of fused-ring (bicyclic) bond motifs is 5. The van der Waals surface area contributed by atoms with Crippen LogP contribution in [0.3, 0.4) is 0 Å². The number of hydrogen-bond donors (Lipinski definition) is 0. The van der Waals surface area contributed by atoms with E-state index in [0.717, 1.165) is 5.56 Å². The van der Waals surface area contributed by atoms with Gasteiger partial charge in [-0.1, -0.05) is 97.6 Å². The molecule has 0 radical (unpaired) electrons. The summed E-state index contributed by atoms with van der Waals surface area (Å²) in [5.41, 5.74) is 3.58. The lowest BCUT2D eigenvalue weighted by atomic mass is 9.89. The summed E-state index contributed by atoms with van der Waals surface area (Å²) in [7, 11) is 0. The van der Waals surface area contributed by atoms with E-state index in [0.29, 0.717) is 0 Å². The summed E-state index contributed by atoms with van der Waals surface area (Å²) in [6.45, 7) is 8.20. The number of aryl methyl sites for hydroxylation is 2. The molecule has 0 saturated carbocycles. The first-order valence-corrected chi connectivity index (χ1v) is 9.51. The van der Waals surface area contributed by atoms with Crippen LogP contribution in [0, 0.1) is 26.0 Å². The molecule has 4 rings (SSSR count). The third kappa shape index (κ3) is 3.02. The van der Waals surface area contributed by atoms with Crippen molar-refractivity contribution in [2.45, 2.75) is 13.8 Å². The second-order valence-electron chi connectivity index (χ2n) is 6.94. The molecule has 134 valence electrons. The van der Waals surface area contributed by atoms with Crippen molar-refractivity contribution in [3.8, 4) is 0 Å². The molecular formula is C28H22. The summed E-state index contributed by atoms with van der Waals surface area (Å²) < 4.78 is 0. The molecule has 0 aromatic heterocycles. The summed E-state index contributed by atoms with van der Waals surface area (Å²) in [5.74, 6) is 0. The lowest BCUT2D eigenvalue weighted by Gasteiger charge is -2.14. The SMILES string of the molecule is C=C/C=C\c1c(C)c2ccccc2c2c(C)c#ccccc3ccccc3c12. The van der Waals surface area contributed by atoms with Gasteiger partial charge in [-0.15, -0.1) is 0 Å². The largest absolute Gasteiger partial charge is 0.0991 e. The molecule has 4 aromatic rings. The van der Waals surface area contributed by atoms with E-state index in [1.165, 1.54) is 43.4 Å². The minimum atomic E-state index is 1.08. The van der Waals surface area contributed by atoms with E-state index in [9.17, 15) is 0 Å². The van der Waals surface area contributed by atoms with E-state index in [4.69, 9.17) is 0 Å². The van der Waals surface area contributed by atoms with Gasteiger partial charge in [0.1, 0.15) is 0 Å². The standard InChI is InChI=1S/C28H22/c1-4-5-16-24-21(3)23-17-11-12-19-26(23)27-20(2)13-7-6-8-14-22-15-9-10-18-25(22)28(24)27/h4-6,8-12,14-19H,1H2,2-3H3/b8-6?,14-8?,16-5-,22-14?,27-20?,28-25?. The fourth-order valence-corrected chi connectivity index (χ4v) is 3.95. The maximum Gasteiger partial charge on any atom is 0.00778 e. The van der Waals surface area contributed by atoms with Crippen molar-refractivity contribution < 1.29 is 0 Å². The number of hydrogen-bond acceptors (Lipinski definition) is 0. The van der Waals surface area contributed by atoms with Crippen LogP contribution in [0.2, 0.25) is 0 Å². The quantitative estimate of drug-likeness (QED) is 0.322. The Morgan fingerprint density at radius 1 is 0.786 bits per heavy atom. The van der Waals surface area contributed by atoms with Gasteiger partial charge in [0.05, 0.1) is 0 Å². The zero-order valence-corrected chi connectivity index (χ0v) is 16.3. The fourth-order valence-electron chi connectivity index (χ4n) is 3.95. The lowest BCUT2D eigenvalue weighted by molar-refractivity contribution is 1.51. The van der Waals surface area contributed by atoms with Crippen molar-refractivity contribution in [1.82, 2.24) is 0 Å². The Labute approximate surface area is 166 Å². The smallest absolute Gasteiger partial charge is 0.00778 e. The first kappa shape index (κ1) is 17.8. The highest BCUT2D eigenvalue weighted by atomic mass is 14.1. The Balaban J connectivity index is 2.47. The molecule has 4 aromatic carbocycles. The minimum absolute atomic E-state index is 1.08. The van der Waals surface area contributed by atoms with E-state index >= 15 is 0 Å². The van der Waals surface area contributed by atoms with Crippen LogP contribution < -0.4 is 0 Å². The fraction of sp³-hybridized carbons (Fsp3) is 0.0714. The second-order valence-corrected chi connectivity index (χ2v) is 6.94. The van der Waals surface area contributed by atoms with Crippen molar-refractivity contribution in [1.29, 1.82) is 0 Å². The first-order chi connectivity index (χ1) is 13.7. The molecule has 0 spiro atoms. The van der Waals surface area contributed by atoms with E-state index < -0.39 is 0 Å². The summed E-state index contributed by atoms with van der Waals surface area (Å²) in [6, 6.07) is 29.8. The van der Waals surface area contributed by atoms with Gasteiger partial charge in [0.2, 0.25) is 0 Å². The van der Waals surface area contributed by atoms with Gasteiger partial charge in [-0.05, 0) is 58.0 Å². The topological polar surface area (TPSA) is 0 Å². The predicted octanol–water partition coefficient (Wildman–Crippen LogP) is 7.69. The molecule has 0 saturated heterocycles. The van der Waals surface area contributed by atoms with Gasteiger partial charge in [-0.25, -0.2) is 0 Å². The molecule has 0 aliphatic heterocycles. The number of allylic oxidation sites excluding steroid dienone is 2.